The third kappa shape index (κ3) is 4.63. The van der Waals surface area contributed by atoms with Gasteiger partial charge in [0, 0.05) is 6.04 Å². The van der Waals surface area contributed by atoms with Crippen LogP contribution in [-0.4, -0.2) is 38.1 Å². The smallest absolute Gasteiger partial charge is 0.00640 e. The lowest BCUT2D eigenvalue weighted by molar-refractivity contribution is 0.295. The Balaban J connectivity index is 2.24. The molecule has 1 heterocycles. The molecule has 0 aromatic rings. The fraction of sp³-hybridized carbons (Fsp3) is 1.00. The summed E-state index contributed by atoms with van der Waals surface area (Å²) in [5.41, 5.74) is 0. The van der Waals surface area contributed by atoms with Gasteiger partial charge in [0.2, 0.25) is 0 Å². The molecule has 0 aromatic heterocycles. The zero-order chi connectivity index (χ0) is 9.52. The van der Waals surface area contributed by atoms with Gasteiger partial charge in [0.15, 0.2) is 0 Å². The van der Waals surface area contributed by atoms with Gasteiger partial charge in [0.25, 0.3) is 0 Å². The van der Waals surface area contributed by atoms with E-state index in [0.717, 1.165) is 6.04 Å². The molecule has 0 atom stereocenters. The van der Waals surface area contributed by atoms with Crippen LogP contribution in [0.2, 0.25) is 0 Å². The maximum Gasteiger partial charge on any atom is 0.00640 e. The second-order valence-corrected chi connectivity index (χ2v) is 4.28. The number of hydrogen-bond acceptors (Lipinski definition) is 2. The average molecular weight is 184 g/mol. The summed E-state index contributed by atoms with van der Waals surface area (Å²) < 4.78 is 0. The van der Waals surface area contributed by atoms with Crippen molar-refractivity contribution in [3.63, 3.8) is 0 Å². The molecule has 2 nitrogen and oxygen atoms in total. The van der Waals surface area contributed by atoms with E-state index in [0.29, 0.717) is 0 Å². The summed E-state index contributed by atoms with van der Waals surface area (Å²) in [6.07, 6.45) is 8.24. The molecule has 1 fully saturated rings. The highest BCUT2D eigenvalue weighted by atomic mass is 15.1. The van der Waals surface area contributed by atoms with Crippen molar-refractivity contribution in [2.45, 2.75) is 44.6 Å². The third-order valence-electron chi connectivity index (χ3n) is 3.09. The van der Waals surface area contributed by atoms with Crippen LogP contribution in [0.5, 0.6) is 0 Å². The van der Waals surface area contributed by atoms with Crippen LogP contribution >= 0.6 is 0 Å². The van der Waals surface area contributed by atoms with Crippen molar-refractivity contribution in [2.75, 3.05) is 27.2 Å². The Morgan fingerprint density at radius 3 is 2.00 bits per heavy atom. The summed E-state index contributed by atoms with van der Waals surface area (Å²) in [7, 11) is 4.35. The third-order valence-corrected chi connectivity index (χ3v) is 3.09. The summed E-state index contributed by atoms with van der Waals surface area (Å²) in [5.74, 6) is 0. The van der Waals surface area contributed by atoms with Crippen molar-refractivity contribution in [3.05, 3.63) is 0 Å². The second kappa shape index (κ2) is 6.39. The maximum absolute atomic E-state index is 3.42. The van der Waals surface area contributed by atoms with E-state index >= 15 is 0 Å². The highest BCUT2D eigenvalue weighted by Gasteiger charge is 2.08. The van der Waals surface area contributed by atoms with Crippen molar-refractivity contribution in [2.24, 2.45) is 0 Å². The van der Waals surface area contributed by atoms with Gasteiger partial charge in [-0.1, -0.05) is 12.8 Å². The van der Waals surface area contributed by atoms with E-state index in [1.165, 1.54) is 51.6 Å². The van der Waals surface area contributed by atoms with E-state index in [9.17, 15) is 0 Å². The number of nitrogens with zero attached hydrogens (tertiary/aromatic N) is 1. The molecule has 78 valence electrons. The van der Waals surface area contributed by atoms with Crippen LogP contribution in [0.25, 0.3) is 0 Å². The Bertz CT molecular complexity index is 113. The van der Waals surface area contributed by atoms with Crippen LogP contribution in [0.4, 0.5) is 0 Å². The first kappa shape index (κ1) is 11.0. The van der Waals surface area contributed by atoms with Gasteiger partial charge in [-0.25, -0.2) is 0 Å². The first-order valence-electron chi connectivity index (χ1n) is 5.68. The molecule has 0 unspecified atom stereocenters. The van der Waals surface area contributed by atoms with Gasteiger partial charge >= 0.3 is 0 Å². The van der Waals surface area contributed by atoms with Crippen LogP contribution in [0.1, 0.15) is 38.5 Å². The fourth-order valence-corrected chi connectivity index (χ4v) is 2.09. The molecule has 0 aromatic carbocycles. The molecule has 1 aliphatic rings. The molecule has 0 bridgehead atoms. The van der Waals surface area contributed by atoms with E-state index in [-0.39, 0.29) is 0 Å². The Morgan fingerprint density at radius 2 is 1.54 bits per heavy atom. The molecule has 0 spiro atoms. The molecule has 2 heteroatoms. The zero-order valence-corrected chi connectivity index (χ0v) is 9.18. The average Bonchev–Trinajstić information content (AvgIpc) is 2.16. The van der Waals surface area contributed by atoms with Crippen molar-refractivity contribution >= 4 is 0 Å². The van der Waals surface area contributed by atoms with Gasteiger partial charge in [-0.05, 0) is 52.9 Å². The van der Waals surface area contributed by atoms with Gasteiger partial charge in [0.1, 0.15) is 0 Å². The fourth-order valence-electron chi connectivity index (χ4n) is 2.09. The molecule has 13 heavy (non-hydrogen) atoms. The van der Waals surface area contributed by atoms with Crippen LogP contribution in [0.3, 0.4) is 0 Å². The SMILES string of the molecule is CNC1CCCCN(C)CCCC1. The minimum Gasteiger partial charge on any atom is -0.317 e. The summed E-state index contributed by atoms with van der Waals surface area (Å²) in [5, 5.41) is 3.42. The van der Waals surface area contributed by atoms with Crippen molar-refractivity contribution in [3.8, 4) is 0 Å². The molecule has 1 aliphatic heterocycles. The minimum absolute atomic E-state index is 0.781. The van der Waals surface area contributed by atoms with E-state index in [2.05, 4.69) is 24.3 Å². The summed E-state index contributed by atoms with van der Waals surface area (Å²) >= 11 is 0. The highest BCUT2D eigenvalue weighted by Crippen LogP contribution is 2.11. The summed E-state index contributed by atoms with van der Waals surface area (Å²) in [4.78, 5) is 2.47. The number of nitrogens with one attached hydrogen (secondary N) is 1. The van der Waals surface area contributed by atoms with E-state index in [4.69, 9.17) is 0 Å². The van der Waals surface area contributed by atoms with Crippen molar-refractivity contribution < 1.29 is 0 Å². The summed E-state index contributed by atoms with van der Waals surface area (Å²) in [6.45, 7) is 2.58. The molecule has 1 rings (SSSR count). The van der Waals surface area contributed by atoms with E-state index in [1.807, 2.05) is 0 Å². The standard InChI is InChI=1S/C11H24N2/c1-12-11-7-3-5-9-13(2)10-6-4-8-11/h11-12H,3-10H2,1-2H3. The number of hydrogen-bond donors (Lipinski definition) is 1. The van der Waals surface area contributed by atoms with Gasteiger partial charge in [-0.2, -0.15) is 0 Å². The second-order valence-electron chi connectivity index (χ2n) is 4.28. The molecule has 1 N–H and O–H groups in total. The predicted octanol–water partition coefficient (Wildman–Crippen LogP) is 1.86. The topological polar surface area (TPSA) is 15.3 Å². The minimum atomic E-state index is 0.781. The van der Waals surface area contributed by atoms with Crippen LogP contribution in [0.15, 0.2) is 0 Å². The Kier molecular flexibility index (Phi) is 5.40. The van der Waals surface area contributed by atoms with E-state index < -0.39 is 0 Å². The van der Waals surface area contributed by atoms with Crippen LogP contribution in [-0.2, 0) is 0 Å². The molecule has 0 radical (unpaired) electrons. The molecule has 0 amide bonds. The first-order chi connectivity index (χ1) is 6.33. The zero-order valence-electron chi connectivity index (χ0n) is 9.18. The number of rotatable bonds is 1. The normalized spacial score (nSPS) is 24.5. The van der Waals surface area contributed by atoms with Gasteiger partial charge in [-0.3, -0.25) is 0 Å². The van der Waals surface area contributed by atoms with Crippen molar-refractivity contribution in [1.82, 2.24) is 10.2 Å². The lowest BCUT2D eigenvalue weighted by Crippen LogP contribution is -2.28. The quantitative estimate of drug-likeness (QED) is 0.669. The Hall–Kier alpha value is -0.0800. The molecule has 1 saturated heterocycles. The lowest BCUT2D eigenvalue weighted by Gasteiger charge is -2.21. The maximum atomic E-state index is 3.42. The Morgan fingerprint density at radius 1 is 1.00 bits per heavy atom. The van der Waals surface area contributed by atoms with Crippen LogP contribution in [0, 0.1) is 0 Å². The molecule has 0 aliphatic carbocycles. The molecule has 0 saturated carbocycles. The van der Waals surface area contributed by atoms with Crippen molar-refractivity contribution in [1.29, 1.82) is 0 Å². The Labute approximate surface area is 82.7 Å². The monoisotopic (exact) mass is 184 g/mol. The summed E-state index contributed by atoms with van der Waals surface area (Å²) in [6, 6.07) is 0.781. The van der Waals surface area contributed by atoms with Crippen LogP contribution < -0.4 is 5.32 Å². The van der Waals surface area contributed by atoms with E-state index in [1.54, 1.807) is 0 Å². The molecular weight excluding hydrogens is 160 g/mol. The first-order valence-corrected chi connectivity index (χ1v) is 5.68. The lowest BCUT2D eigenvalue weighted by atomic mass is 10.0. The highest BCUT2D eigenvalue weighted by molar-refractivity contribution is 4.67. The van der Waals surface area contributed by atoms with Gasteiger partial charge in [-0.15, -0.1) is 0 Å². The van der Waals surface area contributed by atoms with Gasteiger partial charge in [0.05, 0.1) is 0 Å². The molecular formula is C11H24N2. The largest absolute Gasteiger partial charge is 0.317 e. The van der Waals surface area contributed by atoms with Gasteiger partial charge < -0.3 is 10.2 Å². The predicted molar refractivity (Wildman–Crippen MR) is 58.0 cm³/mol.